The summed E-state index contributed by atoms with van der Waals surface area (Å²) >= 11 is 0. The van der Waals surface area contributed by atoms with Gasteiger partial charge >= 0.3 is 5.97 Å². The van der Waals surface area contributed by atoms with Crippen LogP contribution in [0.4, 0.5) is 5.69 Å². The largest absolute Gasteiger partial charge is 0.480 e. The lowest BCUT2D eigenvalue weighted by Gasteiger charge is -2.58. The maximum absolute atomic E-state index is 14.8. The number of amides is 2. The molecule has 2 unspecified atom stereocenters. The van der Waals surface area contributed by atoms with Crippen molar-refractivity contribution in [1.29, 1.82) is 0 Å². The molecule has 1 N–H and O–H groups in total. The van der Waals surface area contributed by atoms with Gasteiger partial charge in [0.25, 0.3) is 0 Å². The van der Waals surface area contributed by atoms with Crippen molar-refractivity contribution in [2.75, 3.05) is 4.90 Å². The number of rotatable bonds is 5. The van der Waals surface area contributed by atoms with Crippen LogP contribution in [0.3, 0.4) is 0 Å². The Morgan fingerprint density at radius 2 is 1.49 bits per heavy atom. The minimum Gasteiger partial charge on any atom is -0.480 e. The molecule has 1 aliphatic heterocycles. The third-order valence-electron chi connectivity index (χ3n) is 9.72. The first-order valence-electron chi connectivity index (χ1n) is 14.2. The molecular formula is C32H36N2O5. The fourth-order valence-corrected chi connectivity index (χ4v) is 8.67. The van der Waals surface area contributed by atoms with Crippen LogP contribution in [0.5, 0.6) is 0 Å². The van der Waals surface area contributed by atoms with Crippen LogP contribution in [0.1, 0.15) is 74.2 Å². The molecule has 0 aromatic heterocycles. The van der Waals surface area contributed by atoms with E-state index in [1.54, 1.807) is 29.2 Å². The van der Waals surface area contributed by atoms with Crippen LogP contribution in [-0.4, -0.2) is 45.7 Å². The molecule has 4 bridgehead atoms. The van der Waals surface area contributed by atoms with Crippen molar-refractivity contribution in [3.63, 3.8) is 0 Å². The minimum absolute atomic E-state index is 0.0815. The maximum atomic E-state index is 14.8. The number of anilines is 1. The monoisotopic (exact) mass is 528 g/mol. The highest BCUT2D eigenvalue weighted by atomic mass is 16.4. The SMILES string of the molecule is CC(=O)N1C(C(=O)O)CC(=O)c2ccccc2N(Cc2ccccc2)C(=O)C1CC12CC3CC(CC(C3)C1)C2. The number of fused-ring (bicyclic) bond motifs is 1. The topological polar surface area (TPSA) is 95.0 Å². The third-order valence-corrected chi connectivity index (χ3v) is 9.72. The third kappa shape index (κ3) is 4.77. The van der Waals surface area contributed by atoms with Crippen LogP contribution >= 0.6 is 0 Å². The van der Waals surface area contributed by atoms with E-state index in [0.29, 0.717) is 35.4 Å². The van der Waals surface area contributed by atoms with Gasteiger partial charge in [-0.3, -0.25) is 14.4 Å². The Bertz CT molecular complexity index is 1270. The summed E-state index contributed by atoms with van der Waals surface area (Å²) in [4.78, 5) is 57.1. The molecule has 4 aliphatic carbocycles. The van der Waals surface area contributed by atoms with E-state index in [1.165, 1.54) is 31.1 Å². The molecule has 7 heteroatoms. The molecule has 2 amide bonds. The number of benzene rings is 2. The van der Waals surface area contributed by atoms with Crippen LogP contribution in [-0.2, 0) is 20.9 Å². The Labute approximate surface area is 229 Å². The Morgan fingerprint density at radius 1 is 0.897 bits per heavy atom. The molecule has 7 rings (SSSR count). The number of Topliss-reactive ketones (excluding diaryl/α,β-unsaturated/α-hetero) is 1. The summed E-state index contributed by atoms with van der Waals surface area (Å²) in [6.07, 6.45) is 6.90. The molecule has 4 fully saturated rings. The minimum atomic E-state index is -1.40. The van der Waals surface area contributed by atoms with Crippen LogP contribution in [0.2, 0.25) is 0 Å². The number of ketones is 1. The molecule has 0 spiro atoms. The van der Waals surface area contributed by atoms with Gasteiger partial charge in [0.2, 0.25) is 11.8 Å². The standard InChI is InChI=1S/C32H36N2O5/c1-20(35)34-27(31(38)39)14-29(36)25-9-5-6-10-26(25)33(19-21-7-3-2-4-8-21)30(37)28(34)18-32-15-22-11-23(16-32)13-24(12-22)17-32/h2-10,22-24,27-28H,11-19H2,1H3,(H,38,39). The molecule has 1 heterocycles. The summed E-state index contributed by atoms with van der Waals surface area (Å²) in [6, 6.07) is 14.2. The van der Waals surface area contributed by atoms with Crippen molar-refractivity contribution in [2.45, 2.75) is 76.9 Å². The average Bonchev–Trinajstić information content (AvgIpc) is 2.92. The molecule has 2 aromatic carbocycles. The van der Waals surface area contributed by atoms with Crippen LogP contribution in [0.15, 0.2) is 54.6 Å². The molecule has 5 aliphatic rings. The average molecular weight is 529 g/mol. The predicted molar refractivity (Wildman–Crippen MR) is 146 cm³/mol. The molecular weight excluding hydrogens is 492 g/mol. The number of carbonyl (C=O) groups excluding carboxylic acids is 3. The van der Waals surface area contributed by atoms with E-state index in [-0.39, 0.29) is 30.1 Å². The van der Waals surface area contributed by atoms with E-state index in [9.17, 15) is 24.3 Å². The molecule has 0 saturated heterocycles. The quantitative estimate of drug-likeness (QED) is 0.584. The second-order valence-electron chi connectivity index (χ2n) is 12.5. The number of para-hydroxylation sites is 1. The first kappa shape index (κ1) is 25.8. The zero-order valence-corrected chi connectivity index (χ0v) is 22.4. The van der Waals surface area contributed by atoms with Gasteiger partial charge in [-0.15, -0.1) is 0 Å². The van der Waals surface area contributed by atoms with E-state index >= 15 is 0 Å². The van der Waals surface area contributed by atoms with Gasteiger partial charge in [-0.05, 0) is 85.8 Å². The van der Waals surface area contributed by atoms with E-state index in [0.717, 1.165) is 24.8 Å². The molecule has 0 radical (unpaired) electrons. The second-order valence-corrected chi connectivity index (χ2v) is 12.5. The number of hydrogen-bond donors (Lipinski definition) is 1. The van der Waals surface area contributed by atoms with Crippen molar-refractivity contribution in [2.24, 2.45) is 23.2 Å². The first-order chi connectivity index (χ1) is 18.7. The zero-order chi connectivity index (χ0) is 27.3. The highest BCUT2D eigenvalue weighted by molar-refractivity contribution is 6.10. The van der Waals surface area contributed by atoms with Crippen molar-refractivity contribution in [3.05, 3.63) is 65.7 Å². The highest BCUT2D eigenvalue weighted by Gasteiger charge is 2.54. The molecule has 7 nitrogen and oxygen atoms in total. The molecule has 2 atom stereocenters. The lowest BCUT2D eigenvalue weighted by atomic mass is 9.48. The number of nitrogens with zero attached hydrogens (tertiary/aromatic N) is 2. The molecule has 2 aromatic rings. The van der Waals surface area contributed by atoms with E-state index < -0.39 is 24.0 Å². The van der Waals surface area contributed by atoms with Gasteiger partial charge < -0.3 is 14.9 Å². The second kappa shape index (κ2) is 9.92. The summed E-state index contributed by atoms with van der Waals surface area (Å²) in [5.74, 6) is -0.493. The summed E-state index contributed by atoms with van der Waals surface area (Å²) < 4.78 is 0. The summed E-state index contributed by atoms with van der Waals surface area (Å²) in [6.45, 7) is 1.55. The van der Waals surface area contributed by atoms with Gasteiger partial charge in [0.1, 0.15) is 12.1 Å². The number of hydrogen-bond acceptors (Lipinski definition) is 4. The lowest BCUT2D eigenvalue weighted by molar-refractivity contribution is -0.156. The summed E-state index contributed by atoms with van der Waals surface area (Å²) in [5.41, 5.74) is 1.60. The fraction of sp³-hybridized carbons (Fsp3) is 0.500. The number of carboxylic acid groups (broad SMARTS) is 1. The first-order valence-corrected chi connectivity index (χ1v) is 14.2. The Hall–Kier alpha value is -3.48. The van der Waals surface area contributed by atoms with Crippen LogP contribution in [0, 0.1) is 23.2 Å². The smallest absolute Gasteiger partial charge is 0.326 e. The number of carbonyl (C=O) groups is 4. The number of aliphatic carboxylic acids is 1. The Balaban J connectivity index is 1.48. The van der Waals surface area contributed by atoms with Crippen LogP contribution in [0.25, 0.3) is 0 Å². The zero-order valence-electron chi connectivity index (χ0n) is 22.4. The van der Waals surface area contributed by atoms with Gasteiger partial charge in [0.05, 0.1) is 12.2 Å². The van der Waals surface area contributed by atoms with Crippen LogP contribution < -0.4 is 4.90 Å². The van der Waals surface area contributed by atoms with Crippen molar-refractivity contribution in [3.8, 4) is 0 Å². The molecule has 39 heavy (non-hydrogen) atoms. The Kier molecular flexibility index (Phi) is 6.56. The van der Waals surface area contributed by atoms with E-state index in [1.807, 2.05) is 30.3 Å². The van der Waals surface area contributed by atoms with Gasteiger partial charge in [0.15, 0.2) is 5.78 Å². The van der Waals surface area contributed by atoms with Gasteiger partial charge in [-0.2, -0.15) is 0 Å². The van der Waals surface area contributed by atoms with Gasteiger partial charge in [-0.25, -0.2) is 4.79 Å². The van der Waals surface area contributed by atoms with Gasteiger partial charge in [0, 0.05) is 18.9 Å². The lowest BCUT2D eigenvalue weighted by Crippen LogP contribution is -2.59. The summed E-state index contributed by atoms with van der Waals surface area (Å²) in [5, 5.41) is 10.3. The molecule has 4 saturated carbocycles. The maximum Gasteiger partial charge on any atom is 0.326 e. The highest BCUT2D eigenvalue weighted by Crippen LogP contribution is 2.62. The van der Waals surface area contributed by atoms with Crippen molar-refractivity contribution < 1.29 is 24.3 Å². The van der Waals surface area contributed by atoms with E-state index in [4.69, 9.17) is 0 Å². The molecule has 204 valence electrons. The van der Waals surface area contributed by atoms with Crippen molar-refractivity contribution >= 4 is 29.3 Å². The fourth-order valence-electron chi connectivity index (χ4n) is 8.67. The number of carboxylic acids is 1. The normalized spacial score (nSPS) is 31.9. The summed E-state index contributed by atoms with van der Waals surface area (Å²) in [7, 11) is 0. The Morgan fingerprint density at radius 3 is 2.08 bits per heavy atom. The van der Waals surface area contributed by atoms with Gasteiger partial charge in [-0.1, -0.05) is 42.5 Å². The van der Waals surface area contributed by atoms with Crippen molar-refractivity contribution in [1.82, 2.24) is 4.90 Å². The van der Waals surface area contributed by atoms with E-state index in [2.05, 4.69) is 0 Å². The predicted octanol–water partition coefficient (Wildman–Crippen LogP) is 5.08.